The van der Waals surface area contributed by atoms with E-state index in [1.54, 1.807) is 0 Å². The fourth-order valence-electron chi connectivity index (χ4n) is 1.61. The summed E-state index contributed by atoms with van der Waals surface area (Å²) in [5.41, 5.74) is 2.99. The van der Waals surface area contributed by atoms with Gasteiger partial charge in [0.05, 0.1) is 5.33 Å². The molecule has 0 unspecified atom stereocenters. The van der Waals surface area contributed by atoms with Crippen LogP contribution in [0.5, 0.6) is 0 Å². The van der Waals surface area contributed by atoms with E-state index in [0.29, 0.717) is 5.33 Å². The molecular formula is C16H13BrO. The van der Waals surface area contributed by atoms with E-state index in [0.717, 1.165) is 16.7 Å². The van der Waals surface area contributed by atoms with Gasteiger partial charge in [-0.05, 0) is 11.1 Å². The monoisotopic (exact) mass is 300 g/mol. The van der Waals surface area contributed by atoms with E-state index < -0.39 is 0 Å². The van der Waals surface area contributed by atoms with E-state index in [1.807, 2.05) is 48.5 Å². The Bertz CT molecular complexity index is 541. The van der Waals surface area contributed by atoms with Crippen molar-refractivity contribution in [3.8, 4) is 0 Å². The van der Waals surface area contributed by atoms with Gasteiger partial charge >= 0.3 is 0 Å². The lowest BCUT2D eigenvalue weighted by Gasteiger charge is -1.98. The fraction of sp³-hybridized carbons (Fsp3) is 0.0625. The summed E-state index contributed by atoms with van der Waals surface area (Å²) in [5, 5.41) is 0.367. The van der Waals surface area contributed by atoms with Gasteiger partial charge in [-0.3, -0.25) is 4.79 Å². The second-order valence-electron chi connectivity index (χ2n) is 3.92. The number of Topliss-reactive ketones (excluding diaryl/α,β-unsaturated/α-hetero) is 1. The van der Waals surface area contributed by atoms with Crippen LogP contribution in [0.15, 0.2) is 54.6 Å². The van der Waals surface area contributed by atoms with Crippen molar-refractivity contribution in [1.82, 2.24) is 0 Å². The first-order chi connectivity index (χ1) is 8.79. The molecule has 0 aromatic heterocycles. The lowest BCUT2D eigenvalue weighted by molar-refractivity contribution is 0.102. The molecule has 0 saturated heterocycles. The van der Waals surface area contributed by atoms with Crippen LogP contribution in [0.2, 0.25) is 0 Å². The standard InChI is InChI=1S/C16H13BrO/c17-12-16(18)15-10-8-14(9-11-15)7-6-13-4-2-1-3-5-13/h1-11H,12H2. The van der Waals surface area contributed by atoms with Gasteiger partial charge in [0.25, 0.3) is 0 Å². The first-order valence-corrected chi connectivity index (χ1v) is 6.84. The van der Waals surface area contributed by atoms with Gasteiger partial charge in [-0.1, -0.05) is 82.7 Å². The van der Waals surface area contributed by atoms with Crippen LogP contribution >= 0.6 is 15.9 Å². The molecule has 0 aliphatic carbocycles. The molecule has 0 heterocycles. The van der Waals surface area contributed by atoms with E-state index in [2.05, 4.69) is 34.1 Å². The number of hydrogen-bond donors (Lipinski definition) is 0. The van der Waals surface area contributed by atoms with Gasteiger partial charge in [0.15, 0.2) is 5.78 Å². The van der Waals surface area contributed by atoms with Crippen molar-refractivity contribution < 1.29 is 4.79 Å². The molecule has 0 aliphatic rings. The van der Waals surface area contributed by atoms with Gasteiger partial charge in [-0.15, -0.1) is 0 Å². The summed E-state index contributed by atoms with van der Waals surface area (Å²) in [7, 11) is 0. The van der Waals surface area contributed by atoms with Crippen LogP contribution in [0.25, 0.3) is 12.2 Å². The van der Waals surface area contributed by atoms with Gasteiger partial charge in [0.2, 0.25) is 0 Å². The summed E-state index contributed by atoms with van der Waals surface area (Å²) in [5.74, 6) is 0.105. The molecular weight excluding hydrogens is 288 g/mol. The minimum atomic E-state index is 0.105. The van der Waals surface area contributed by atoms with Gasteiger partial charge in [0, 0.05) is 5.56 Å². The van der Waals surface area contributed by atoms with Crippen LogP contribution in [0.3, 0.4) is 0 Å². The second-order valence-corrected chi connectivity index (χ2v) is 4.48. The van der Waals surface area contributed by atoms with Gasteiger partial charge in [0.1, 0.15) is 0 Å². The maximum Gasteiger partial charge on any atom is 0.173 e. The molecule has 0 spiro atoms. The third kappa shape index (κ3) is 3.41. The van der Waals surface area contributed by atoms with Crippen molar-refractivity contribution in [3.05, 3.63) is 71.3 Å². The van der Waals surface area contributed by atoms with Gasteiger partial charge in [-0.25, -0.2) is 0 Å². The molecule has 90 valence electrons. The lowest BCUT2D eigenvalue weighted by Crippen LogP contribution is -1.98. The zero-order valence-electron chi connectivity index (χ0n) is 9.84. The molecule has 2 aromatic rings. The SMILES string of the molecule is O=C(CBr)c1ccc(C=Cc2ccccc2)cc1. The Morgan fingerprint density at radius 1 is 0.889 bits per heavy atom. The average molecular weight is 301 g/mol. The van der Waals surface area contributed by atoms with Crippen molar-refractivity contribution in [2.75, 3.05) is 5.33 Å². The highest BCUT2D eigenvalue weighted by Gasteiger charge is 2.01. The molecule has 0 fully saturated rings. The number of carbonyl (C=O) groups is 1. The fourth-order valence-corrected chi connectivity index (χ4v) is 1.94. The second kappa shape index (κ2) is 6.31. The first-order valence-electron chi connectivity index (χ1n) is 5.72. The van der Waals surface area contributed by atoms with Crippen molar-refractivity contribution in [1.29, 1.82) is 0 Å². The zero-order valence-corrected chi connectivity index (χ0v) is 11.4. The number of hydrogen-bond acceptors (Lipinski definition) is 1. The van der Waals surface area contributed by atoms with E-state index in [-0.39, 0.29) is 5.78 Å². The molecule has 0 saturated carbocycles. The highest BCUT2D eigenvalue weighted by molar-refractivity contribution is 9.09. The molecule has 0 atom stereocenters. The molecule has 1 nitrogen and oxygen atoms in total. The normalized spacial score (nSPS) is 10.7. The number of halogens is 1. The summed E-state index contributed by atoms with van der Waals surface area (Å²) < 4.78 is 0. The van der Waals surface area contributed by atoms with Crippen LogP contribution in [-0.4, -0.2) is 11.1 Å². The highest BCUT2D eigenvalue weighted by Crippen LogP contribution is 2.10. The third-order valence-corrected chi connectivity index (χ3v) is 3.13. The molecule has 0 radical (unpaired) electrons. The van der Waals surface area contributed by atoms with Gasteiger partial charge in [-0.2, -0.15) is 0 Å². The molecule has 2 aromatic carbocycles. The van der Waals surface area contributed by atoms with Crippen molar-refractivity contribution in [3.63, 3.8) is 0 Å². The first kappa shape index (κ1) is 12.8. The van der Waals surface area contributed by atoms with Crippen molar-refractivity contribution >= 4 is 33.9 Å². The highest BCUT2D eigenvalue weighted by atomic mass is 79.9. The predicted molar refractivity (Wildman–Crippen MR) is 79.9 cm³/mol. The number of benzene rings is 2. The number of ketones is 1. The average Bonchev–Trinajstić information content (AvgIpc) is 2.46. The minimum absolute atomic E-state index is 0.105. The Kier molecular flexibility index (Phi) is 4.48. The van der Waals surface area contributed by atoms with Gasteiger partial charge < -0.3 is 0 Å². The van der Waals surface area contributed by atoms with Crippen molar-refractivity contribution in [2.45, 2.75) is 0 Å². The maximum atomic E-state index is 11.4. The number of carbonyl (C=O) groups excluding carboxylic acids is 1. The van der Waals surface area contributed by atoms with Crippen LogP contribution < -0.4 is 0 Å². The quantitative estimate of drug-likeness (QED) is 0.464. The maximum absolute atomic E-state index is 11.4. The summed E-state index contributed by atoms with van der Waals surface area (Å²) in [4.78, 5) is 11.4. The summed E-state index contributed by atoms with van der Waals surface area (Å²) in [6, 6.07) is 17.7. The van der Waals surface area contributed by atoms with E-state index in [9.17, 15) is 4.79 Å². The minimum Gasteiger partial charge on any atom is -0.293 e. The van der Waals surface area contributed by atoms with E-state index in [1.165, 1.54) is 0 Å². The van der Waals surface area contributed by atoms with Crippen LogP contribution in [-0.2, 0) is 0 Å². The molecule has 18 heavy (non-hydrogen) atoms. The molecule has 0 aliphatic heterocycles. The molecule has 2 rings (SSSR count). The summed E-state index contributed by atoms with van der Waals surface area (Å²) >= 11 is 3.17. The predicted octanol–water partition coefficient (Wildman–Crippen LogP) is 4.43. The Labute approximate surface area is 115 Å². The Morgan fingerprint density at radius 2 is 1.44 bits per heavy atom. The zero-order chi connectivity index (χ0) is 12.8. The molecule has 0 N–H and O–H groups in total. The molecule has 0 amide bonds. The van der Waals surface area contributed by atoms with Crippen molar-refractivity contribution in [2.24, 2.45) is 0 Å². The lowest BCUT2D eigenvalue weighted by atomic mass is 10.1. The van der Waals surface area contributed by atoms with Crippen LogP contribution in [0.4, 0.5) is 0 Å². The largest absolute Gasteiger partial charge is 0.293 e. The summed E-state index contributed by atoms with van der Waals surface area (Å²) in [6.45, 7) is 0. The Balaban J connectivity index is 2.11. The molecule has 2 heteroatoms. The van der Waals surface area contributed by atoms with E-state index >= 15 is 0 Å². The topological polar surface area (TPSA) is 17.1 Å². The van der Waals surface area contributed by atoms with Crippen LogP contribution in [0, 0.1) is 0 Å². The Morgan fingerprint density at radius 3 is 2.00 bits per heavy atom. The smallest absolute Gasteiger partial charge is 0.173 e. The van der Waals surface area contributed by atoms with Crippen LogP contribution in [0.1, 0.15) is 21.5 Å². The number of alkyl halides is 1. The number of rotatable bonds is 4. The third-order valence-electron chi connectivity index (χ3n) is 2.62. The summed E-state index contributed by atoms with van der Waals surface area (Å²) in [6.07, 6.45) is 4.10. The van der Waals surface area contributed by atoms with E-state index in [4.69, 9.17) is 0 Å². The Hall–Kier alpha value is -1.67. The molecule has 0 bridgehead atoms.